The zero-order chi connectivity index (χ0) is 20.8. The van der Waals surface area contributed by atoms with Crippen LogP contribution in [0.4, 0.5) is 5.69 Å². The standard InChI is InChI=1S/C24H23NO4/c1-17-7-9-19(10-8-17)24(27)25(3)20-11-13-21(14-12-20)29-23(26)16-28-22-6-4-5-18(2)15-22/h4-15H,16H2,1-3H3. The van der Waals surface area contributed by atoms with Crippen LogP contribution in [-0.2, 0) is 4.79 Å². The summed E-state index contributed by atoms with van der Waals surface area (Å²) in [4.78, 5) is 26.1. The number of benzene rings is 3. The van der Waals surface area contributed by atoms with Crippen LogP contribution in [0.3, 0.4) is 0 Å². The van der Waals surface area contributed by atoms with Gasteiger partial charge in [-0.2, -0.15) is 0 Å². The maximum atomic E-state index is 12.6. The second-order valence-electron chi connectivity index (χ2n) is 6.80. The van der Waals surface area contributed by atoms with Gasteiger partial charge in [0.15, 0.2) is 6.61 Å². The number of amides is 1. The van der Waals surface area contributed by atoms with Crippen LogP contribution < -0.4 is 14.4 Å². The molecule has 0 saturated heterocycles. The number of hydrogen-bond acceptors (Lipinski definition) is 4. The third kappa shape index (κ3) is 5.45. The Balaban J connectivity index is 1.57. The van der Waals surface area contributed by atoms with Crippen LogP contribution in [0.15, 0.2) is 72.8 Å². The third-order valence-electron chi connectivity index (χ3n) is 4.41. The quantitative estimate of drug-likeness (QED) is 0.458. The van der Waals surface area contributed by atoms with Crippen molar-refractivity contribution >= 4 is 17.6 Å². The summed E-state index contributed by atoms with van der Waals surface area (Å²) in [5.41, 5.74) is 3.46. The summed E-state index contributed by atoms with van der Waals surface area (Å²) in [5.74, 6) is 0.404. The lowest BCUT2D eigenvalue weighted by Crippen LogP contribution is -2.26. The molecule has 29 heavy (non-hydrogen) atoms. The highest BCUT2D eigenvalue weighted by Gasteiger charge is 2.14. The molecular formula is C24H23NO4. The monoisotopic (exact) mass is 389 g/mol. The lowest BCUT2D eigenvalue weighted by Gasteiger charge is -2.18. The molecule has 0 radical (unpaired) electrons. The van der Waals surface area contributed by atoms with E-state index < -0.39 is 5.97 Å². The molecule has 0 aromatic heterocycles. The second kappa shape index (κ2) is 9.06. The summed E-state index contributed by atoms with van der Waals surface area (Å²) in [6, 6.07) is 21.6. The van der Waals surface area contributed by atoms with Gasteiger partial charge in [-0.25, -0.2) is 4.79 Å². The van der Waals surface area contributed by atoms with E-state index in [-0.39, 0.29) is 12.5 Å². The average molecular weight is 389 g/mol. The van der Waals surface area contributed by atoms with Crippen LogP contribution in [0.2, 0.25) is 0 Å². The fourth-order valence-electron chi connectivity index (χ4n) is 2.75. The van der Waals surface area contributed by atoms with Crippen molar-refractivity contribution in [2.45, 2.75) is 13.8 Å². The molecule has 0 N–H and O–H groups in total. The Bertz CT molecular complexity index is 994. The molecule has 0 saturated carbocycles. The number of hydrogen-bond donors (Lipinski definition) is 0. The van der Waals surface area contributed by atoms with Crippen molar-refractivity contribution in [2.24, 2.45) is 0 Å². The number of aryl methyl sites for hydroxylation is 2. The van der Waals surface area contributed by atoms with Crippen molar-refractivity contribution in [3.63, 3.8) is 0 Å². The predicted octanol–water partition coefficient (Wildman–Crippen LogP) is 4.56. The van der Waals surface area contributed by atoms with Gasteiger partial charge in [0, 0.05) is 18.3 Å². The number of carbonyl (C=O) groups excluding carboxylic acids is 2. The zero-order valence-electron chi connectivity index (χ0n) is 16.7. The topological polar surface area (TPSA) is 55.8 Å². The van der Waals surface area contributed by atoms with Crippen LogP contribution in [-0.4, -0.2) is 25.5 Å². The fraction of sp³-hybridized carbons (Fsp3) is 0.167. The molecule has 5 nitrogen and oxygen atoms in total. The van der Waals surface area contributed by atoms with E-state index in [0.717, 1.165) is 11.1 Å². The van der Waals surface area contributed by atoms with Gasteiger partial charge in [-0.1, -0.05) is 29.8 Å². The van der Waals surface area contributed by atoms with Crippen molar-refractivity contribution in [3.8, 4) is 11.5 Å². The van der Waals surface area contributed by atoms with Gasteiger partial charge in [0.2, 0.25) is 0 Å². The van der Waals surface area contributed by atoms with Crippen LogP contribution >= 0.6 is 0 Å². The van der Waals surface area contributed by atoms with E-state index in [1.165, 1.54) is 0 Å². The molecule has 0 bridgehead atoms. The first-order valence-corrected chi connectivity index (χ1v) is 9.27. The summed E-state index contributed by atoms with van der Waals surface area (Å²) in [7, 11) is 1.71. The number of carbonyl (C=O) groups is 2. The Morgan fingerprint density at radius 2 is 1.52 bits per heavy atom. The predicted molar refractivity (Wildman–Crippen MR) is 113 cm³/mol. The van der Waals surface area contributed by atoms with E-state index in [4.69, 9.17) is 9.47 Å². The molecule has 3 aromatic carbocycles. The maximum Gasteiger partial charge on any atom is 0.349 e. The molecule has 5 heteroatoms. The van der Waals surface area contributed by atoms with Crippen LogP contribution in [0.1, 0.15) is 21.5 Å². The molecule has 0 unspecified atom stereocenters. The first-order chi connectivity index (χ1) is 13.9. The second-order valence-corrected chi connectivity index (χ2v) is 6.80. The molecular weight excluding hydrogens is 366 g/mol. The van der Waals surface area contributed by atoms with E-state index in [2.05, 4.69) is 0 Å². The van der Waals surface area contributed by atoms with Crippen molar-refractivity contribution in [3.05, 3.63) is 89.5 Å². The van der Waals surface area contributed by atoms with E-state index in [1.54, 1.807) is 54.4 Å². The lowest BCUT2D eigenvalue weighted by molar-refractivity contribution is -0.136. The van der Waals surface area contributed by atoms with E-state index >= 15 is 0 Å². The zero-order valence-corrected chi connectivity index (χ0v) is 16.7. The van der Waals surface area contributed by atoms with Crippen molar-refractivity contribution in [1.82, 2.24) is 0 Å². The molecule has 0 aliphatic carbocycles. The molecule has 3 aromatic rings. The first kappa shape index (κ1) is 20.1. The molecule has 0 fully saturated rings. The Labute approximate surface area is 170 Å². The number of nitrogens with zero attached hydrogens (tertiary/aromatic N) is 1. The normalized spacial score (nSPS) is 10.3. The SMILES string of the molecule is Cc1ccc(C(=O)N(C)c2ccc(OC(=O)COc3cccc(C)c3)cc2)cc1. The summed E-state index contributed by atoms with van der Waals surface area (Å²) in [6.07, 6.45) is 0. The van der Waals surface area contributed by atoms with Gasteiger partial charge in [-0.15, -0.1) is 0 Å². The minimum atomic E-state index is -0.497. The average Bonchev–Trinajstić information content (AvgIpc) is 2.72. The molecule has 1 amide bonds. The Morgan fingerprint density at radius 1 is 0.828 bits per heavy atom. The summed E-state index contributed by atoms with van der Waals surface area (Å²) >= 11 is 0. The smallest absolute Gasteiger partial charge is 0.349 e. The van der Waals surface area contributed by atoms with E-state index in [1.807, 2.05) is 44.2 Å². The van der Waals surface area contributed by atoms with Gasteiger partial charge in [-0.3, -0.25) is 4.79 Å². The molecule has 3 rings (SSSR count). The highest BCUT2D eigenvalue weighted by Crippen LogP contribution is 2.21. The van der Waals surface area contributed by atoms with Crippen molar-refractivity contribution in [2.75, 3.05) is 18.6 Å². The van der Waals surface area contributed by atoms with Crippen LogP contribution in [0.25, 0.3) is 0 Å². The number of ether oxygens (including phenoxy) is 2. The van der Waals surface area contributed by atoms with Crippen LogP contribution in [0, 0.1) is 13.8 Å². The Kier molecular flexibility index (Phi) is 6.29. The van der Waals surface area contributed by atoms with Crippen molar-refractivity contribution < 1.29 is 19.1 Å². The van der Waals surface area contributed by atoms with Crippen molar-refractivity contribution in [1.29, 1.82) is 0 Å². The summed E-state index contributed by atoms with van der Waals surface area (Å²) in [5, 5.41) is 0. The number of esters is 1. The van der Waals surface area contributed by atoms with Crippen LogP contribution in [0.5, 0.6) is 11.5 Å². The minimum Gasteiger partial charge on any atom is -0.482 e. The van der Waals surface area contributed by atoms with Gasteiger partial charge in [-0.05, 0) is 67.9 Å². The highest BCUT2D eigenvalue weighted by atomic mass is 16.6. The number of anilines is 1. The molecule has 0 atom stereocenters. The van der Waals surface area contributed by atoms with Gasteiger partial charge in [0.1, 0.15) is 11.5 Å². The maximum absolute atomic E-state index is 12.6. The van der Waals surface area contributed by atoms with Gasteiger partial charge in [0.25, 0.3) is 5.91 Å². The van der Waals surface area contributed by atoms with Gasteiger partial charge >= 0.3 is 5.97 Å². The highest BCUT2D eigenvalue weighted by molar-refractivity contribution is 6.05. The van der Waals surface area contributed by atoms with E-state index in [0.29, 0.717) is 22.7 Å². The molecule has 0 spiro atoms. The van der Waals surface area contributed by atoms with E-state index in [9.17, 15) is 9.59 Å². The first-order valence-electron chi connectivity index (χ1n) is 9.27. The number of rotatable bonds is 6. The largest absolute Gasteiger partial charge is 0.482 e. The fourth-order valence-corrected chi connectivity index (χ4v) is 2.75. The molecule has 0 aliphatic rings. The Morgan fingerprint density at radius 3 is 2.17 bits per heavy atom. The molecule has 148 valence electrons. The lowest BCUT2D eigenvalue weighted by atomic mass is 10.1. The van der Waals surface area contributed by atoms with Gasteiger partial charge in [0.05, 0.1) is 0 Å². The van der Waals surface area contributed by atoms with Gasteiger partial charge < -0.3 is 14.4 Å². The third-order valence-corrected chi connectivity index (χ3v) is 4.41. The summed E-state index contributed by atoms with van der Waals surface area (Å²) < 4.78 is 10.7. The Hall–Kier alpha value is -3.60. The minimum absolute atomic E-state index is 0.110. The molecule has 0 aliphatic heterocycles. The summed E-state index contributed by atoms with van der Waals surface area (Å²) in [6.45, 7) is 3.74. The molecule has 0 heterocycles.